The van der Waals surface area contributed by atoms with Crippen LogP contribution in [0.2, 0.25) is 0 Å². The topological polar surface area (TPSA) is 79.2 Å². The molecule has 0 amide bonds. The van der Waals surface area contributed by atoms with Gasteiger partial charge in [-0.3, -0.25) is 13.9 Å². The SMILES string of the molecule is Cn1c(O[C@@H]2CCCC[C@H]2N)cc(=O)n(C)c1=O. The summed E-state index contributed by atoms with van der Waals surface area (Å²) in [6.07, 6.45) is 3.85. The lowest BCUT2D eigenvalue weighted by molar-refractivity contribution is 0.120. The van der Waals surface area contributed by atoms with E-state index in [0.29, 0.717) is 5.88 Å². The predicted octanol–water partition coefficient (Wildman–Crippen LogP) is -0.267. The molecular formula is C12H19N3O3. The molecule has 1 fully saturated rings. The summed E-state index contributed by atoms with van der Waals surface area (Å²) in [5, 5.41) is 0. The third kappa shape index (κ3) is 2.33. The molecule has 1 aromatic rings. The standard InChI is InChI=1S/C12H19N3O3/c1-14-10(16)7-11(15(2)12(14)17)18-9-6-4-3-5-8(9)13/h7-9H,3-6,13H2,1-2H3/t8-,9-/m1/s1. The normalized spacial score (nSPS) is 23.9. The molecule has 0 radical (unpaired) electrons. The van der Waals surface area contributed by atoms with Gasteiger partial charge in [-0.15, -0.1) is 0 Å². The molecule has 1 aromatic heterocycles. The molecule has 18 heavy (non-hydrogen) atoms. The number of hydrogen-bond donors (Lipinski definition) is 1. The molecular weight excluding hydrogens is 234 g/mol. The summed E-state index contributed by atoms with van der Waals surface area (Å²) in [6, 6.07) is 1.31. The number of ether oxygens (including phenoxy) is 1. The fraction of sp³-hybridized carbons (Fsp3) is 0.667. The second kappa shape index (κ2) is 4.97. The van der Waals surface area contributed by atoms with Gasteiger partial charge in [0.15, 0.2) is 0 Å². The van der Waals surface area contributed by atoms with E-state index in [2.05, 4.69) is 0 Å². The first-order valence-corrected chi connectivity index (χ1v) is 6.20. The van der Waals surface area contributed by atoms with E-state index < -0.39 is 0 Å². The second-order valence-electron chi connectivity index (χ2n) is 4.83. The van der Waals surface area contributed by atoms with Gasteiger partial charge in [-0.2, -0.15) is 0 Å². The molecule has 2 atom stereocenters. The van der Waals surface area contributed by atoms with Gasteiger partial charge in [0.2, 0.25) is 5.88 Å². The van der Waals surface area contributed by atoms with Gasteiger partial charge in [0, 0.05) is 20.1 Å². The molecule has 2 N–H and O–H groups in total. The number of aromatic nitrogens is 2. The van der Waals surface area contributed by atoms with Crippen LogP contribution in [0.1, 0.15) is 25.7 Å². The highest BCUT2D eigenvalue weighted by Crippen LogP contribution is 2.21. The summed E-state index contributed by atoms with van der Waals surface area (Å²) in [5.74, 6) is 0.297. The fourth-order valence-electron chi connectivity index (χ4n) is 2.25. The van der Waals surface area contributed by atoms with Crippen LogP contribution in [0, 0.1) is 0 Å². The zero-order valence-corrected chi connectivity index (χ0v) is 10.8. The van der Waals surface area contributed by atoms with Crippen molar-refractivity contribution in [3.05, 3.63) is 26.9 Å². The summed E-state index contributed by atoms with van der Waals surface area (Å²) < 4.78 is 8.12. The van der Waals surface area contributed by atoms with Crippen LogP contribution in [0.4, 0.5) is 0 Å². The minimum Gasteiger partial charge on any atom is -0.474 e. The highest BCUT2D eigenvalue weighted by Gasteiger charge is 2.24. The van der Waals surface area contributed by atoms with Gasteiger partial charge in [-0.1, -0.05) is 6.42 Å². The van der Waals surface area contributed by atoms with Crippen LogP contribution in [-0.4, -0.2) is 21.3 Å². The van der Waals surface area contributed by atoms with Crippen LogP contribution < -0.4 is 21.7 Å². The van der Waals surface area contributed by atoms with Crippen molar-refractivity contribution < 1.29 is 4.74 Å². The first-order valence-electron chi connectivity index (χ1n) is 6.20. The third-order valence-electron chi connectivity index (χ3n) is 3.51. The molecule has 1 saturated carbocycles. The Morgan fingerprint density at radius 2 is 1.89 bits per heavy atom. The van der Waals surface area contributed by atoms with E-state index >= 15 is 0 Å². The van der Waals surface area contributed by atoms with Crippen molar-refractivity contribution in [3.8, 4) is 5.88 Å². The molecule has 6 nitrogen and oxygen atoms in total. The first kappa shape index (κ1) is 12.9. The highest BCUT2D eigenvalue weighted by molar-refractivity contribution is 5.10. The molecule has 2 rings (SSSR count). The lowest BCUT2D eigenvalue weighted by atomic mass is 9.93. The van der Waals surface area contributed by atoms with Gasteiger partial charge >= 0.3 is 5.69 Å². The molecule has 0 unspecified atom stereocenters. The van der Waals surface area contributed by atoms with E-state index in [9.17, 15) is 9.59 Å². The minimum absolute atomic E-state index is 0.0297. The fourth-order valence-corrected chi connectivity index (χ4v) is 2.25. The maximum absolute atomic E-state index is 11.7. The molecule has 6 heteroatoms. The maximum atomic E-state index is 11.7. The first-order chi connectivity index (χ1) is 8.50. The molecule has 0 saturated heterocycles. The highest BCUT2D eigenvalue weighted by atomic mass is 16.5. The summed E-state index contributed by atoms with van der Waals surface area (Å²) in [7, 11) is 3.03. The van der Waals surface area contributed by atoms with Gasteiger partial charge in [-0.25, -0.2) is 4.79 Å². The van der Waals surface area contributed by atoms with E-state index in [1.165, 1.54) is 17.7 Å². The molecule has 1 aliphatic rings. The third-order valence-corrected chi connectivity index (χ3v) is 3.51. The number of nitrogens with zero attached hydrogens (tertiary/aromatic N) is 2. The predicted molar refractivity (Wildman–Crippen MR) is 67.8 cm³/mol. The van der Waals surface area contributed by atoms with Crippen molar-refractivity contribution in [1.82, 2.24) is 9.13 Å². The molecule has 100 valence electrons. The Balaban J connectivity index is 2.29. The number of hydrogen-bond acceptors (Lipinski definition) is 4. The van der Waals surface area contributed by atoms with Crippen molar-refractivity contribution in [2.45, 2.75) is 37.8 Å². The van der Waals surface area contributed by atoms with Crippen LogP contribution in [0.3, 0.4) is 0 Å². The van der Waals surface area contributed by atoms with Crippen LogP contribution in [0.5, 0.6) is 5.88 Å². The average molecular weight is 253 g/mol. The minimum atomic E-state index is -0.387. The van der Waals surface area contributed by atoms with Crippen molar-refractivity contribution in [2.24, 2.45) is 19.8 Å². The van der Waals surface area contributed by atoms with Crippen LogP contribution in [0.15, 0.2) is 15.7 Å². The maximum Gasteiger partial charge on any atom is 0.333 e. The molecule has 0 bridgehead atoms. The molecule has 1 heterocycles. The van der Waals surface area contributed by atoms with Crippen LogP contribution in [-0.2, 0) is 14.1 Å². The molecule has 0 aliphatic heterocycles. The molecule has 0 aromatic carbocycles. The Morgan fingerprint density at radius 1 is 1.22 bits per heavy atom. The Morgan fingerprint density at radius 3 is 2.56 bits per heavy atom. The monoisotopic (exact) mass is 253 g/mol. The van der Waals surface area contributed by atoms with Crippen LogP contribution in [0.25, 0.3) is 0 Å². The van der Waals surface area contributed by atoms with Crippen LogP contribution >= 0.6 is 0 Å². The van der Waals surface area contributed by atoms with Gasteiger partial charge in [0.1, 0.15) is 6.10 Å². The van der Waals surface area contributed by atoms with Gasteiger partial charge in [-0.05, 0) is 19.3 Å². The quantitative estimate of drug-likeness (QED) is 0.787. The molecule has 0 spiro atoms. The van der Waals surface area contributed by atoms with Gasteiger partial charge in [0.25, 0.3) is 5.56 Å². The lowest BCUT2D eigenvalue weighted by Crippen LogP contribution is -2.43. The largest absolute Gasteiger partial charge is 0.474 e. The van der Waals surface area contributed by atoms with Gasteiger partial charge < -0.3 is 10.5 Å². The van der Waals surface area contributed by atoms with E-state index in [4.69, 9.17) is 10.5 Å². The summed E-state index contributed by atoms with van der Waals surface area (Å²) >= 11 is 0. The summed E-state index contributed by atoms with van der Waals surface area (Å²) in [5.41, 5.74) is 5.24. The Kier molecular flexibility index (Phi) is 3.56. The van der Waals surface area contributed by atoms with Crippen molar-refractivity contribution >= 4 is 0 Å². The zero-order chi connectivity index (χ0) is 13.3. The summed E-state index contributed by atoms with van der Waals surface area (Å²) in [6.45, 7) is 0. The number of rotatable bonds is 2. The molecule has 1 aliphatic carbocycles. The van der Waals surface area contributed by atoms with E-state index in [-0.39, 0.29) is 23.4 Å². The summed E-state index contributed by atoms with van der Waals surface area (Å²) in [4.78, 5) is 23.3. The van der Waals surface area contributed by atoms with E-state index in [0.717, 1.165) is 30.3 Å². The average Bonchev–Trinajstić information content (AvgIpc) is 2.36. The Labute approximate surface area is 105 Å². The lowest BCUT2D eigenvalue weighted by Gasteiger charge is -2.29. The Bertz CT molecular complexity index is 546. The zero-order valence-electron chi connectivity index (χ0n) is 10.8. The van der Waals surface area contributed by atoms with E-state index in [1.807, 2.05) is 0 Å². The van der Waals surface area contributed by atoms with Gasteiger partial charge in [0.05, 0.1) is 6.07 Å². The Hall–Kier alpha value is -1.56. The van der Waals surface area contributed by atoms with Crippen molar-refractivity contribution in [3.63, 3.8) is 0 Å². The van der Waals surface area contributed by atoms with Crippen molar-refractivity contribution in [2.75, 3.05) is 0 Å². The smallest absolute Gasteiger partial charge is 0.333 e. The van der Waals surface area contributed by atoms with Crippen molar-refractivity contribution in [1.29, 1.82) is 0 Å². The second-order valence-corrected chi connectivity index (χ2v) is 4.83. The van der Waals surface area contributed by atoms with E-state index in [1.54, 1.807) is 7.05 Å². The number of nitrogens with two attached hydrogens (primary N) is 1.